The van der Waals surface area contributed by atoms with Crippen LogP contribution in [0.25, 0.3) is 0 Å². The molecule has 0 aliphatic carbocycles. The number of aliphatic hydroxyl groups is 1. The molecule has 0 saturated heterocycles. The van der Waals surface area contributed by atoms with Crippen molar-refractivity contribution in [1.29, 1.82) is 0 Å². The predicted molar refractivity (Wildman–Crippen MR) is 116 cm³/mol. The average Bonchev–Trinajstić information content (AvgIpc) is 3.06. The first kappa shape index (κ1) is 22.1. The van der Waals surface area contributed by atoms with Crippen LogP contribution in [0.5, 0.6) is 0 Å². The van der Waals surface area contributed by atoms with Crippen molar-refractivity contribution in [1.82, 2.24) is 15.6 Å². The molecule has 0 radical (unpaired) electrons. The number of nitrogens with zero attached hydrogens (tertiary/aromatic N) is 2. The summed E-state index contributed by atoms with van der Waals surface area (Å²) in [6.45, 7) is 5.76. The number of halogens is 2. The van der Waals surface area contributed by atoms with Crippen molar-refractivity contribution in [2.45, 2.75) is 32.9 Å². The van der Waals surface area contributed by atoms with Crippen LogP contribution in [0, 0.1) is 0 Å². The zero-order valence-corrected chi connectivity index (χ0v) is 18.2. The largest absolute Gasteiger partial charge is 0.387 e. The number of hydrogen-bond acceptors (Lipinski definition) is 4. The molecule has 138 valence electrons. The van der Waals surface area contributed by atoms with E-state index in [1.165, 1.54) is 4.88 Å². The van der Waals surface area contributed by atoms with Crippen LogP contribution in [-0.2, 0) is 13.0 Å². The summed E-state index contributed by atoms with van der Waals surface area (Å²) in [5.41, 5.74) is 0.815. The third kappa shape index (κ3) is 7.47. The van der Waals surface area contributed by atoms with Crippen molar-refractivity contribution in [3.8, 4) is 0 Å². The van der Waals surface area contributed by atoms with Crippen molar-refractivity contribution < 1.29 is 5.11 Å². The maximum atomic E-state index is 10.3. The summed E-state index contributed by atoms with van der Waals surface area (Å²) in [6, 6.07) is 7.18. The summed E-state index contributed by atoms with van der Waals surface area (Å²) in [4.78, 5) is 10.1. The third-order valence-electron chi connectivity index (χ3n) is 3.38. The van der Waals surface area contributed by atoms with Crippen molar-refractivity contribution in [3.05, 3.63) is 50.9 Å². The van der Waals surface area contributed by atoms with Crippen LogP contribution in [0.3, 0.4) is 0 Å². The SMILES string of the molecule is CCNC(=NCc1ncc(CC)s1)NCC(O)c1ccc(Cl)cc1.I. The second kappa shape index (κ2) is 11.7. The number of aliphatic imine (C=N–C) groups is 1. The highest BCUT2D eigenvalue weighted by Gasteiger charge is 2.08. The molecule has 2 rings (SSSR count). The zero-order chi connectivity index (χ0) is 17.4. The molecule has 5 nitrogen and oxygen atoms in total. The quantitative estimate of drug-likeness (QED) is 0.311. The lowest BCUT2D eigenvalue weighted by molar-refractivity contribution is 0.181. The molecular weight excluding hydrogens is 471 g/mol. The Morgan fingerprint density at radius 2 is 2.00 bits per heavy atom. The number of benzene rings is 1. The van der Waals surface area contributed by atoms with Gasteiger partial charge in [-0.3, -0.25) is 0 Å². The molecule has 1 atom stereocenters. The van der Waals surface area contributed by atoms with Crippen LogP contribution >= 0.6 is 46.9 Å². The van der Waals surface area contributed by atoms with E-state index in [0.29, 0.717) is 24.1 Å². The lowest BCUT2D eigenvalue weighted by Crippen LogP contribution is -2.39. The van der Waals surface area contributed by atoms with E-state index in [0.717, 1.165) is 23.5 Å². The summed E-state index contributed by atoms with van der Waals surface area (Å²) in [5.74, 6) is 0.666. The van der Waals surface area contributed by atoms with E-state index in [4.69, 9.17) is 11.6 Å². The number of aryl methyl sites for hydroxylation is 1. The summed E-state index contributed by atoms with van der Waals surface area (Å²) in [6.07, 6.45) is 2.27. The minimum absolute atomic E-state index is 0. The second-order valence-electron chi connectivity index (χ2n) is 5.22. The van der Waals surface area contributed by atoms with E-state index >= 15 is 0 Å². The second-order valence-corrected chi connectivity index (χ2v) is 6.85. The number of rotatable bonds is 7. The first-order valence-corrected chi connectivity index (χ1v) is 9.21. The minimum atomic E-state index is -0.627. The van der Waals surface area contributed by atoms with Gasteiger partial charge in [-0.1, -0.05) is 30.7 Å². The molecule has 0 amide bonds. The smallest absolute Gasteiger partial charge is 0.191 e. The molecule has 0 aliphatic rings. The Hall–Kier alpha value is -0.900. The van der Waals surface area contributed by atoms with Crippen LogP contribution in [0.2, 0.25) is 5.02 Å². The van der Waals surface area contributed by atoms with Gasteiger partial charge in [-0.25, -0.2) is 9.98 Å². The fourth-order valence-corrected chi connectivity index (χ4v) is 2.98. The Kier molecular flexibility index (Phi) is 10.3. The molecule has 2 aromatic rings. The topological polar surface area (TPSA) is 69.5 Å². The first-order valence-electron chi connectivity index (χ1n) is 8.01. The Labute approximate surface area is 175 Å². The Bertz CT molecular complexity index is 663. The van der Waals surface area contributed by atoms with Crippen LogP contribution in [0.4, 0.5) is 0 Å². The van der Waals surface area contributed by atoms with E-state index in [2.05, 4.69) is 27.5 Å². The van der Waals surface area contributed by atoms with Crippen LogP contribution in [0.15, 0.2) is 35.5 Å². The molecule has 8 heteroatoms. The van der Waals surface area contributed by atoms with E-state index in [1.807, 2.05) is 25.3 Å². The molecular formula is C17H24ClIN4OS. The van der Waals surface area contributed by atoms with E-state index < -0.39 is 6.10 Å². The number of aromatic nitrogens is 1. The van der Waals surface area contributed by atoms with Crippen LogP contribution in [-0.4, -0.2) is 29.1 Å². The molecule has 25 heavy (non-hydrogen) atoms. The summed E-state index contributed by atoms with van der Waals surface area (Å²) in [7, 11) is 0. The number of aliphatic hydroxyl groups excluding tert-OH is 1. The van der Waals surface area contributed by atoms with Gasteiger partial charge >= 0.3 is 0 Å². The van der Waals surface area contributed by atoms with E-state index in [9.17, 15) is 5.11 Å². The van der Waals surface area contributed by atoms with Crippen molar-refractivity contribution >= 4 is 52.9 Å². The highest BCUT2D eigenvalue weighted by atomic mass is 127. The van der Waals surface area contributed by atoms with Gasteiger partial charge in [0.05, 0.1) is 12.6 Å². The normalized spacial score (nSPS) is 12.4. The molecule has 1 aromatic heterocycles. The summed E-state index contributed by atoms with van der Waals surface area (Å²) >= 11 is 7.55. The monoisotopic (exact) mass is 494 g/mol. The minimum Gasteiger partial charge on any atom is -0.387 e. The van der Waals surface area contributed by atoms with Crippen molar-refractivity contribution in [2.24, 2.45) is 4.99 Å². The number of thiazole rings is 1. The van der Waals surface area contributed by atoms with Gasteiger partial charge in [-0.05, 0) is 31.0 Å². The van der Waals surface area contributed by atoms with Crippen molar-refractivity contribution in [3.63, 3.8) is 0 Å². The summed E-state index contributed by atoms with van der Waals surface area (Å²) < 4.78 is 0. The third-order valence-corrected chi connectivity index (χ3v) is 4.76. The molecule has 1 aromatic carbocycles. The van der Waals surface area contributed by atoms with Gasteiger partial charge in [0.15, 0.2) is 5.96 Å². The number of nitrogens with one attached hydrogen (secondary N) is 2. The lowest BCUT2D eigenvalue weighted by Gasteiger charge is -2.15. The zero-order valence-electron chi connectivity index (χ0n) is 14.3. The molecule has 0 fully saturated rings. The fraction of sp³-hybridized carbons (Fsp3) is 0.412. The van der Waals surface area contributed by atoms with Gasteiger partial charge in [0.25, 0.3) is 0 Å². The van der Waals surface area contributed by atoms with E-state index in [-0.39, 0.29) is 24.0 Å². The fourth-order valence-electron chi connectivity index (χ4n) is 2.07. The van der Waals surface area contributed by atoms with Gasteiger partial charge < -0.3 is 15.7 Å². The Morgan fingerprint density at radius 3 is 2.60 bits per heavy atom. The van der Waals surface area contributed by atoms with E-state index in [1.54, 1.807) is 23.5 Å². The molecule has 3 N–H and O–H groups in total. The highest BCUT2D eigenvalue weighted by Crippen LogP contribution is 2.16. The standard InChI is InChI=1S/C17H23ClN4OS.HI/c1-3-14-9-20-16(24-14)11-22-17(19-4-2)21-10-15(23)12-5-7-13(18)8-6-12;/h5-9,15,23H,3-4,10-11H2,1-2H3,(H2,19,21,22);1H. The average molecular weight is 495 g/mol. The van der Waals surface area contributed by atoms with Gasteiger partial charge in [-0.15, -0.1) is 35.3 Å². The molecule has 0 bridgehead atoms. The molecule has 0 spiro atoms. The van der Waals surface area contributed by atoms with Gasteiger partial charge in [0.1, 0.15) is 5.01 Å². The maximum Gasteiger partial charge on any atom is 0.191 e. The molecule has 0 saturated carbocycles. The molecule has 1 unspecified atom stereocenters. The number of guanidine groups is 1. The van der Waals surface area contributed by atoms with Crippen LogP contribution in [0.1, 0.15) is 35.4 Å². The molecule has 1 heterocycles. The first-order chi connectivity index (χ1) is 11.6. The lowest BCUT2D eigenvalue weighted by atomic mass is 10.1. The predicted octanol–water partition coefficient (Wildman–Crippen LogP) is 3.77. The molecule has 0 aliphatic heterocycles. The summed E-state index contributed by atoms with van der Waals surface area (Å²) in [5, 5.41) is 18.2. The van der Waals surface area contributed by atoms with Gasteiger partial charge in [0.2, 0.25) is 0 Å². The highest BCUT2D eigenvalue weighted by molar-refractivity contribution is 14.0. The Morgan fingerprint density at radius 1 is 1.28 bits per heavy atom. The number of hydrogen-bond donors (Lipinski definition) is 3. The maximum absolute atomic E-state index is 10.3. The van der Waals surface area contributed by atoms with Crippen molar-refractivity contribution in [2.75, 3.05) is 13.1 Å². The van der Waals surface area contributed by atoms with Gasteiger partial charge in [-0.2, -0.15) is 0 Å². The Balaban J connectivity index is 0.00000312. The van der Waals surface area contributed by atoms with Gasteiger partial charge in [0, 0.05) is 29.2 Å². The van der Waals surface area contributed by atoms with Crippen LogP contribution < -0.4 is 10.6 Å².